The number of nitrogens with two attached hydrogens (primary N) is 1. The van der Waals surface area contributed by atoms with Crippen LogP contribution < -0.4 is 11.1 Å². The first-order valence-corrected chi connectivity index (χ1v) is 6.53. The summed E-state index contributed by atoms with van der Waals surface area (Å²) in [5.74, 6) is 0. The van der Waals surface area contributed by atoms with Gasteiger partial charge in [-0.2, -0.15) is 0 Å². The average molecular weight is 221 g/mol. The fourth-order valence-electron chi connectivity index (χ4n) is 2.90. The van der Waals surface area contributed by atoms with Gasteiger partial charge in [0.1, 0.15) is 0 Å². The molecule has 1 saturated carbocycles. The van der Waals surface area contributed by atoms with Gasteiger partial charge in [-0.05, 0) is 31.3 Å². The predicted molar refractivity (Wildman–Crippen MR) is 67.6 cm³/mol. The maximum Gasteiger partial charge on any atom is 0.0227 e. The van der Waals surface area contributed by atoms with Crippen molar-refractivity contribution in [2.75, 3.05) is 0 Å². The van der Waals surface area contributed by atoms with Gasteiger partial charge < -0.3 is 16.5 Å². The van der Waals surface area contributed by atoms with E-state index in [9.17, 15) is 0 Å². The summed E-state index contributed by atoms with van der Waals surface area (Å²) in [5.41, 5.74) is 7.94. The Morgan fingerprint density at radius 1 is 1.12 bits per heavy atom. The Balaban J connectivity index is 1.83. The zero-order chi connectivity index (χ0) is 11.4. The monoisotopic (exact) mass is 221 g/mol. The molecule has 4 N–H and O–H groups in total. The lowest BCUT2D eigenvalue weighted by molar-refractivity contribution is 0.320. The van der Waals surface area contributed by atoms with Crippen molar-refractivity contribution in [1.29, 1.82) is 5.41 Å². The smallest absolute Gasteiger partial charge is 0.0227 e. The Labute approximate surface area is 98.0 Å². The third kappa shape index (κ3) is 2.85. The summed E-state index contributed by atoms with van der Waals surface area (Å²) in [4.78, 5) is 0. The Kier molecular flexibility index (Phi) is 3.99. The summed E-state index contributed by atoms with van der Waals surface area (Å²) in [6.45, 7) is 0. The summed E-state index contributed by atoms with van der Waals surface area (Å²) in [7, 11) is 0. The first-order chi connectivity index (χ1) is 7.79. The van der Waals surface area contributed by atoms with Gasteiger partial charge in [-0.1, -0.05) is 19.3 Å². The van der Waals surface area contributed by atoms with E-state index in [1.807, 2.05) is 0 Å². The van der Waals surface area contributed by atoms with Crippen LogP contribution in [0.3, 0.4) is 0 Å². The van der Waals surface area contributed by atoms with E-state index < -0.39 is 0 Å². The highest BCUT2D eigenvalue weighted by molar-refractivity contribution is 5.77. The third-order valence-corrected chi connectivity index (χ3v) is 3.89. The van der Waals surface area contributed by atoms with E-state index in [-0.39, 0.29) is 0 Å². The van der Waals surface area contributed by atoms with Crippen LogP contribution in [0, 0.1) is 5.41 Å². The van der Waals surface area contributed by atoms with E-state index >= 15 is 0 Å². The number of rotatable bonds is 3. The van der Waals surface area contributed by atoms with Gasteiger partial charge in [0.25, 0.3) is 0 Å². The predicted octanol–water partition coefficient (Wildman–Crippen LogP) is 2.32. The van der Waals surface area contributed by atoms with E-state index in [1.165, 1.54) is 38.3 Å². The minimum absolute atomic E-state index is 0.548. The molecule has 0 aromatic carbocycles. The van der Waals surface area contributed by atoms with Crippen LogP contribution in [0.15, 0.2) is 11.3 Å². The lowest BCUT2D eigenvalue weighted by atomic mass is 9.90. The van der Waals surface area contributed by atoms with Gasteiger partial charge in [-0.15, -0.1) is 0 Å². The number of allylic oxidation sites excluding steroid dienone is 1. The molecule has 2 rings (SSSR count). The summed E-state index contributed by atoms with van der Waals surface area (Å²) in [5, 5.41) is 11.0. The highest BCUT2D eigenvalue weighted by atomic mass is 15.0. The maximum atomic E-state index is 7.26. The van der Waals surface area contributed by atoms with Crippen LogP contribution in [0.5, 0.6) is 0 Å². The molecule has 3 heteroatoms. The van der Waals surface area contributed by atoms with E-state index in [0.29, 0.717) is 12.1 Å². The van der Waals surface area contributed by atoms with Gasteiger partial charge >= 0.3 is 0 Å². The molecule has 0 aromatic rings. The first kappa shape index (κ1) is 11.6. The molecule has 0 radical (unpaired) electrons. The zero-order valence-corrected chi connectivity index (χ0v) is 9.97. The van der Waals surface area contributed by atoms with Crippen molar-refractivity contribution in [2.45, 2.75) is 63.5 Å². The van der Waals surface area contributed by atoms with Gasteiger partial charge in [-0.25, -0.2) is 0 Å². The highest BCUT2D eigenvalue weighted by Gasteiger charge is 2.22. The quantitative estimate of drug-likeness (QED) is 0.640. The fraction of sp³-hybridized carbons (Fsp3) is 0.769. The number of hydrogen-bond acceptors (Lipinski definition) is 3. The largest absolute Gasteiger partial charge is 0.402 e. The summed E-state index contributed by atoms with van der Waals surface area (Å²) in [6, 6.07) is 1.26. The van der Waals surface area contributed by atoms with Crippen molar-refractivity contribution >= 4 is 6.21 Å². The average Bonchev–Trinajstić information content (AvgIpc) is 2.31. The minimum Gasteiger partial charge on any atom is -0.402 e. The molecule has 0 bridgehead atoms. The van der Waals surface area contributed by atoms with Crippen LogP contribution >= 0.6 is 0 Å². The Morgan fingerprint density at radius 2 is 1.88 bits per heavy atom. The first-order valence-electron chi connectivity index (χ1n) is 6.53. The molecule has 0 saturated heterocycles. The second kappa shape index (κ2) is 5.48. The molecule has 0 amide bonds. The van der Waals surface area contributed by atoms with Crippen molar-refractivity contribution in [3.8, 4) is 0 Å². The lowest BCUT2D eigenvalue weighted by Gasteiger charge is -2.31. The molecule has 90 valence electrons. The highest BCUT2D eigenvalue weighted by Crippen LogP contribution is 2.24. The second-order valence-corrected chi connectivity index (χ2v) is 5.14. The molecule has 0 aromatic heterocycles. The van der Waals surface area contributed by atoms with Gasteiger partial charge in [0.05, 0.1) is 0 Å². The zero-order valence-electron chi connectivity index (χ0n) is 9.97. The Morgan fingerprint density at radius 3 is 2.50 bits per heavy atom. The summed E-state index contributed by atoms with van der Waals surface area (Å²) < 4.78 is 0. The second-order valence-electron chi connectivity index (χ2n) is 5.14. The Hall–Kier alpha value is -0.830. The topological polar surface area (TPSA) is 61.9 Å². The van der Waals surface area contributed by atoms with E-state index in [2.05, 4.69) is 5.32 Å². The molecule has 3 nitrogen and oxygen atoms in total. The van der Waals surface area contributed by atoms with Crippen molar-refractivity contribution in [1.82, 2.24) is 5.32 Å². The molecular weight excluding hydrogens is 198 g/mol. The van der Waals surface area contributed by atoms with Gasteiger partial charge in [0, 0.05) is 30.4 Å². The molecular formula is C13H23N3. The Bertz CT molecular complexity index is 277. The molecule has 0 heterocycles. The van der Waals surface area contributed by atoms with Crippen molar-refractivity contribution in [3.63, 3.8) is 0 Å². The molecule has 2 aliphatic rings. The van der Waals surface area contributed by atoms with Crippen LogP contribution in [-0.2, 0) is 0 Å². The summed E-state index contributed by atoms with van der Waals surface area (Å²) in [6.07, 6.45) is 11.3. The maximum absolute atomic E-state index is 7.26. The van der Waals surface area contributed by atoms with E-state index in [1.54, 1.807) is 0 Å². The molecule has 2 aliphatic carbocycles. The summed E-state index contributed by atoms with van der Waals surface area (Å²) >= 11 is 0. The van der Waals surface area contributed by atoms with Crippen LogP contribution in [0.25, 0.3) is 0 Å². The minimum atomic E-state index is 0.548. The van der Waals surface area contributed by atoms with Gasteiger partial charge in [0.2, 0.25) is 0 Å². The fourth-order valence-corrected chi connectivity index (χ4v) is 2.90. The van der Waals surface area contributed by atoms with Crippen molar-refractivity contribution < 1.29 is 0 Å². The molecule has 1 atom stereocenters. The molecule has 1 fully saturated rings. The van der Waals surface area contributed by atoms with E-state index in [4.69, 9.17) is 11.1 Å². The normalized spacial score (nSPS) is 28.1. The third-order valence-electron chi connectivity index (χ3n) is 3.89. The van der Waals surface area contributed by atoms with Gasteiger partial charge in [0.15, 0.2) is 0 Å². The molecule has 0 aliphatic heterocycles. The van der Waals surface area contributed by atoms with Crippen LogP contribution in [-0.4, -0.2) is 18.3 Å². The molecule has 0 spiro atoms. The van der Waals surface area contributed by atoms with Crippen LogP contribution in [0.1, 0.15) is 51.4 Å². The lowest BCUT2D eigenvalue weighted by Crippen LogP contribution is -2.41. The van der Waals surface area contributed by atoms with Gasteiger partial charge in [-0.3, -0.25) is 0 Å². The SMILES string of the molecule is N=CC1=C(N)CC(NC2CCCCC2)CC1. The van der Waals surface area contributed by atoms with Crippen molar-refractivity contribution in [3.05, 3.63) is 11.3 Å². The standard InChI is InChI=1S/C13H23N3/c14-9-10-6-7-12(8-13(10)15)16-11-4-2-1-3-5-11/h9,11-12,14,16H,1-8,15H2. The van der Waals surface area contributed by atoms with Crippen LogP contribution in [0.4, 0.5) is 0 Å². The van der Waals surface area contributed by atoms with Crippen molar-refractivity contribution in [2.24, 2.45) is 5.73 Å². The van der Waals surface area contributed by atoms with E-state index in [0.717, 1.165) is 30.5 Å². The van der Waals surface area contributed by atoms with Crippen LogP contribution in [0.2, 0.25) is 0 Å². The molecule has 16 heavy (non-hydrogen) atoms. The number of nitrogens with one attached hydrogen (secondary N) is 2. The number of hydrogen-bond donors (Lipinski definition) is 3. The molecule has 1 unspecified atom stereocenters.